The van der Waals surface area contributed by atoms with Crippen molar-refractivity contribution >= 4 is 6.03 Å². The quantitative estimate of drug-likeness (QED) is 0.817. The van der Waals surface area contributed by atoms with Gasteiger partial charge in [0.25, 0.3) is 5.56 Å². The first-order valence-electron chi connectivity index (χ1n) is 8.85. The third-order valence-corrected chi connectivity index (χ3v) is 4.68. The molecule has 2 N–H and O–H groups in total. The van der Waals surface area contributed by atoms with Crippen LogP contribution in [-0.2, 0) is 6.54 Å². The third kappa shape index (κ3) is 4.81. The number of carbonyl (C=O) groups is 1. The molecule has 6 nitrogen and oxygen atoms in total. The maximum Gasteiger partial charge on any atom is 0.315 e. The van der Waals surface area contributed by atoms with Crippen LogP contribution in [0.3, 0.4) is 0 Å². The number of carbonyl (C=O) groups excluding carboxylic acids is 1. The highest BCUT2D eigenvalue weighted by atomic mass is 16.2. The second kappa shape index (κ2) is 7.62. The molecule has 1 aromatic heterocycles. The van der Waals surface area contributed by atoms with Crippen molar-refractivity contribution in [2.24, 2.45) is 0 Å². The highest BCUT2D eigenvalue weighted by Gasteiger charge is 2.25. The zero-order chi connectivity index (χ0) is 16.1. The Bertz CT molecular complexity index is 587. The van der Waals surface area contributed by atoms with E-state index in [1.807, 2.05) is 6.07 Å². The smallest absolute Gasteiger partial charge is 0.315 e. The first-order valence-corrected chi connectivity index (χ1v) is 8.85. The molecule has 1 aromatic rings. The van der Waals surface area contributed by atoms with Gasteiger partial charge in [-0.1, -0.05) is 25.7 Å². The van der Waals surface area contributed by atoms with Crippen molar-refractivity contribution in [1.82, 2.24) is 20.4 Å². The summed E-state index contributed by atoms with van der Waals surface area (Å²) in [6.07, 6.45) is 9.38. The fourth-order valence-electron chi connectivity index (χ4n) is 3.16. The van der Waals surface area contributed by atoms with Crippen LogP contribution in [0.4, 0.5) is 4.79 Å². The van der Waals surface area contributed by atoms with Gasteiger partial charge in [0.05, 0.1) is 12.2 Å². The monoisotopic (exact) mass is 318 g/mol. The topological polar surface area (TPSA) is 76.0 Å². The fraction of sp³-hybridized carbons (Fsp3) is 0.706. The summed E-state index contributed by atoms with van der Waals surface area (Å²) in [5, 5.41) is 10.3. The summed E-state index contributed by atoms with van der Waals surface area (Å²) in [5.41, 5.74) is 0.882. The van der Waals surface area contributed by atoms with Crippen LogP contribution in [0.15, 0.2) is 16.9 Å². The normalized spacial score (nSPS) is 19.1. The minimum atomic E-state index is -0.136. The third-order valence-electron chi connectivity index (χ3n) is 4.68. The predicted molar refractivity (Wildman–Crippen MR) is 88.5 cm³/mol. The zero-order valence-electron chi connectivity index (χ0n) is 13.6. The summed E-state index contributed by atoms with van der Waals surface area (Å²) in [4.78, 5) is 23.8. The molecule has 0 unspecified atom stereocenters. The van der Waals surface area contributed by atoms with E-state index in [0.29, 0.717) is 19.0 Å². The van der Waals surface area contributed by atoms with Crippen LogP contribution in [0.25, 0.3) is 0 Å². The zero-order valence-corrected chi connectivity index (χ0v) is 13.6. The summed E-state index contributed by atoms with van der Waals surface area (Å²) >= 11 is 0. The number of aromatic nitrogens is 2. The SMILES string of the molecule is O=C(NCCn1nc(C2CC2)ccc1=O)NC1CCCCCC1. The van der Waals surface area contributed by atoms with Gasteiger partial charge in [-0.3, -0.25) is 4.79 Å². The lowest BCUT2D eigenvalue weighted by Gasteiger charge is -2.16. The second-order valence-electron chi connectivity index (χ2n) is 6.68. The predicted octanol–water partition coefficient (Wildman–Crippen LogP) is 2.14. The van der Waals surface area contributed by atoms with Crippen molar-refractivity contribution in [3.63, 3.8) is 0 Å². The molecule has 0 atom stereocenters. The first-order chi connectivity index (χ1) is 11.2. The van der Waals surface area contributed by atoms with Gasteiger partial charge >= 0.3 is 6.03 Å². The van der Waals surface area contributed by atoms with E-state index in [-0.39, 0.29) is 17.6 Å². The molecule has 2 aliphatic carbocycles. The van der Waals surface area contributed by atoms with E-state index in [1.54, 1.807) is 6.07 Å². The first kappa shape index (κ1) is 16.0. The molecule has 2 fully saturated rings. The molecule has 6 heteroatoms. The summed E-state index contributed by atoms with van der Waals surface area (Å²) in [5.74, 6) is 0.522. The lowest BCUT2D eigenvalue weighted by atomic mass is 10.1. The molecule has 23 heavy (non-hydrogen) atoms. The van der Waals surface area contributed by atoms with E-state index in [2.05, 4.69) is 15.7 Å². The number of rotatable bonds is 5. The molecule has 126 valence electrons. The van der Waals surface area contributed by atoms with Crippen molar-refractivity contribution < 1.29 is 4.79 Å². The minimum absolute atomic E-state index is 0.111. The Labute approximate surface area is 136 Å². The maximum atomic E-state index is 12.0. The average molecular weight is 318 g/mol. The molecule has 0 saturated heterocycles. The Hall–Kier alpha value is -1.85. The molecule has 2 saturated carbocycles. The van der Waals surface area contributed by atoms with E-state index in [4.69, 9.17) is 0 Å². The van der Waals surface area contributed by atoms with E-state index in [1.165, 1.54) is 30.4 Å². The van der Waals surface area contributed by atoms with Gasteiger partial charge in [-0.25, -0.2) is 9.48 Å². The number of nitrogens with one attached hydrogen (secondary N) is 2. The van der Waals surface area contributed by atoms with Crippen molar-refractivity contribution in [2.75, 3.05) is 6.54 Å². The molecular formula is C17H26N4O2. The molecule has 1 heterocycles. The average Bonchev–Trinajstić information content (AvgIpc) is 3.36. The highest BCUT2D eigenvalue weighted by molar-refractivity contribution is 5.74. The van der Waals surface area contributed by atoms with E-state index in [0.717, 1.165) is 31.4 Å². The molecule has 0 radical (unpaired) electrons. The molecular weight excluding hydrogens is 292 g/mol. The molecule has 2 aliphatic rings. The number of hydrogen-bond donors (Lipinski definition) is 2. The number of urea groups is 1. The van der Waals surface area contributed by atoms with Crippen LogP contribution in [0, 0.1) is 0 Å². The Morgan fingerprint density at radius 1 is 1.13 bits per heavy atom. The number of hydrogen-bond acceptors (Lipinski definition) is 3. The van der Waals surface area contributed by atoms with Gasteiger partial charge in [-0.05, 0) is 31.7 Å². The lowest BCUT2D eigenvalue weighted by molar-refractivity contribution is 0.235. The Kier molecular flexibility index (Phi) is 5.31. The molecule has 3 rings (SSSR count). The fourth-order valence-corrected chi connectivity index (χ4v) is 3.16. The molecule has 0 spiro atoms. The molecule has 0 bridgehead atoms. The van der Waals surface area contributed by atoms with Crippen molar-refractivity contribution in [1.29, 1.82) is 0 Å². The largest absolute Gasteiger partial charge is 0.336 e. The van der Waals surface area contributed by atoms with Gasteiger partial charge in [-0.2, -0.15) is 5.10 Å². The minimum Gasteiger partial charge on any atom is -0.336 e. The van der Waals surface area contributed by atoms with E-state index in [9.17, 15) is 9.59 Å². The van der Waals surface area contributed by atoms with Crippen LogP contribution in [0.5, 0.6) is 0 Å². The Morgan fingerprint density at radius 3 is 2.57 bits per heavy atom. The number of amides is 2. The second-order valence-corrected chi connectivity index (χ2v) is 6.68. The van der Waals surface area contributed by atoms with Crippen LogP contribution in [0.2, 0.25) is 0 Å². The number of nitrogens with zero attached hydrogens (tertiary/aromatic N) is 2. The Morgan fingerprint density at radius 2 is 1.87 bits per heavy atom. The van der Waals surface area contributed by atoms with E-state index < -0.39 is 0 Å². The van der Waals surface area contributed by atoms with Gasteiger partial charge < -0.3 is 10.6 Å². The van der Waals surface area contributed by atoms with Gasteiger partial charge in [-0.15, -0.1) is 0 Å². The van der Waals surface area contributed by atoms with Gasteiger partial charge in [0.2, 0.25) is 0 Å². The van der Waals surface area contributed by atoms with Crippen LogP contribution >= 0.6 is 0 Å². The van der Waals surface area contributed by atoms with Crippen LogP contribution < -0.4 is 16.2 Å². The summed E-state index contributed by atoms with van der Waals surface area (Å²) < 4.78 is 1.46. The standard InChI is InChI=1S/C17H26N4O2/c22-16-10-9-15(13-7-8-13)20-21(16)12-11-18-17(23)19-14-5-3-1-2-4-6-14/h9-10,13-14H,1-8,11-12H2,(H2,18,19,23). The van der Waals surface area contributed by atoms with Crippen LogP contribution in [0.1, 0.15) is 63.0 Å². The summed E-state index contributed by atoms with van der Waals surface area (Å²) in [6.45, 7) is 0.830. The van der Waals surface area contributed by atoms with Crippen molar-refractivity contribution in [3.05, 3.63) is 28.2 Å². The highest BCUT2D eigenvalue weighted by Crippen LogP contribution is 2.38. The summed E-state index contributed by atoms with van der Waals surface area (Å²) in [7, 11) is 0. The van der Waals surface area contributed by atoms with Crippen molar-refractivity contribution in [2.45, 2.75) is 69.9 Å². The molecule has 0 aromatic carbocycles. The molecule has 0 aliphatic heterocycles. The van der Waals surface area contributed by atoms with Crippen molar-refractivity contribution in [3.8, 4) is 0 Å². The van der Waals surface area contributed by atoms with Gasteiger partial charge in [0.1, 0.15) is 0 Å². The van der Waals surface area contributed by atoms with Gasteiger partial charge in [0, 0.05) is 24.6 Å². The maximum absolute atomic E-state index is 12.0. The summed E-state index contributed by atoms with van der Waals surface area (Å²) in [6, 6.07) is 3.55. The molecule has 2 amide bonds. The van der Waals surface area contributed by atoms with Gasteiger partial charge in [0.15, 0.2) is 0 Å². The van der Waals surface area contributed by atoms with Crippen LogP contribution in [-0.4, -0.2) is 28.4 Å². The van der Waals surface area contributed by atoms with E-state index >= 15 is 0 Å². The lowest BCUT2D eigenvalue weighted by Crippen LogP contribution is -2.43. The Balaban J connectivity index is 1.44.